The van der Waals surface area contributed by atoms with Crippen LogP contribution in [-0.4, -0.2) is 27.9 Å². The summed E-state index contributed by atoms with van der Waals surface area (Å²) in [4.78, 5) is 7.35. The fourth-order valence-corrected chi connectivity index (χ4v) is 4.01. The first-order valence-electron chi connectivity index (χ1n) is 10.1. The summed E-state index contributed by atoms with van der Waals surface area (Å²) in [6, 6.07) is 23.3. The standard InChI is InChI=1S/C24H24N4/c1-3-8-19(9-4-1)18-28-23-13-12-20(16-21(23)17-25-28)22-10-7-11-24(26-22)27-14-5-2-6-15-27/h1,3-4,7-13,16-17H,2,5-6,14-15,18H2. The zero-order valence-corrected chi connectivity index (χ0v) is 16.0. The normalized spacial score (nSPS) is 14.5. The Labute approximate surface area is 165 Å². The Kier molecular flexibility index (Phi) is 4.53. The minimum atomic E-state index is 0.784. The van der Waals surface area contributed by atoms with E-state index in [1.165, 1.54) is 24.8 Å². The van der Waals surface area contributed by atoms with Crippen molar-refractivity contribution in [3.8, 4) is 11.3 Å². The Morgan fingerprint density at radius 3 is 2.54 bits per heavy atom. The molecule has 4 aromatic rings. The molecule has 0 spiro atoms. The predicted molar refractivity (Wildman–Crippen MR) is 115 cm³/mol. The smallest absolute Gasteiger partial charge is 0.129 e. The summed E-state index contributed by atoms with van der Waals surface area (Å²) in [5, 5.41) is 5.76. The molecule has 1 aliphatic heterocycles. The molecule has 1 aliphatic rings. The quantitative estimate of drug-likeness (QED) is 0.500. The monoisotopic (exact) mass is 368 g/mol. The Bertz CT molecular complexity index is 1080. The molecule has 2 aromatic heterocycles. The summed E-state index contributed by atoms with van der Waals surface area (Å²) in [7, 11) is 0. The van der Waals surface area contributed by atoms with Gasteiger partial charge in [0.1, 0.15) is 5.82 Å². The summed E-state index contributed by atoms with van der Waals surface area (Å²) in [6.45, 7) is 3.01. The number of benzene rings is 2. The first-order chi connectivity index (χ1) is 13.9. The van der Waals surface area contributed by atoms with Gasteiger partial charge in [-0.2, -0.15) is 5.10 Å². The van der Waals surface area contributed by atoms with Crippen molar-refractivity contribution in [2.24, 2.45) is 0 Å². The highest BCUT2D eigenvalue weighted by molar-refractivity contribution is 5.84. The average molecular weight is 368 g/mol. The zero-order chi connectivity index (χ0) is 18.8. The third-order valence-corrected chi connectivity index (χ3v) is 5.53. The summed E-state index contributed by atoms with van der Waals surface area (Å²) in [5.74, 6) is 1.09. The Balaban J connectivity index is 1.44. The van der Waals surface area contributed by atoms with E-state index >= 15 is 0 Å². The number of hydrogen-bond donors (Lipinski definition) is 0. The van der Waals surface area contributed by atoms with E-state index in [2.05, 4.69) is 75.3 Å². The lowest BCUT2D eigenvalue weighted by Gasteiger charge is -2.28. The first-order valence-corrected chi connectivity index (χ1v) is 10.1. The van der Waals surface area contributed by atoms with Crippen molar-refractivity contribution in [1.82, 2.24) is 14.8 Å². The Morgan fingerprint density at radius 2 is 1.68 bits per heavy atom. The van der Waals surface area contributed by atoms with Crippen LogP contribution >= 0.6 is 0 Å². The van der Waals surface area contributed by atoms with Crippen LogP contribution in [0.1, 0.15) is 24.8 Å². The molecule has 0 atom stereocenters. The molecule has 0 bridgehead atoms. The van der Waals surface area contributed by atoms with Gasteiger partial charge < -0.3 is 4.90 Å². The molecule has 28 heavy (non-hydrogen) atoms. The maximum Gasteiger partial charge on any atom is 0.129 e. The van der Waals surface area contributed by atoms with Crippen molar-refractivity contribution < 1.29 is 0 Å². The van der Waals surface area contributed by atoms with Crippen molar-refractivity contribution in [3.63, 3.8) is 0 Å². The molecule has 3 heterocycles. The van der Waals surface area contributed by atoms with Crippen LogP contribution in [0.5, 0.6) is 0 Å². The van der Waals surface area contributed by atoms with Crippen molar-refractivity contribution in [1.29, 1.82) is 0 Å². The number of anilines is 1. The van der Waals surface area contributed by atoms with Gasteiger partial charge in [-0.15, -0.1) is 0 Å². The lowest BCUT2D eigenvalue weighted by Crippen LogP contribution is -2.30. The summed E-state index contributed by atoms with van der Waals surface area (Å²) < 4.78 is 2.06. The maximum absolute atomic E-state index is 4.95. The second-order valence-electron chi connectivity index (χ2n) is 7.49. The SMILES string of the molecule is c1ccc(Cn2ncc3cc(-c4cccc(N5CCCCC5)n4)ccc32)cc1. The minimum Gasteiger partial charge on any atom is -0.357 e. The Hall–Kier alpha value is -3.14. The summed E-state index contributed by atoms with van der Waals surface area (Å²) >= 11 is 0. The first kappa shape index (κ1) is 17.0. The van der Waals surface area contributed by atoms with Crippen LogP contribution in [0, 0.1) is 0 Å². The molecule has 0 aliphatic carbocycles. The van der Waals surface area contributed by atoms with Crippen LogP contribution in [0.3, 0.4) is 0 Å². The number of fused-ring (bicyclic) bond motifs is 1. The predicted octanol–water partition coefficient (Wildman–Crippen LogP) is 5.14. The number of piperidine rings is 1. The van der Waals surface area contributed by atoms with Crippen LogP contribution in [0.2, 0.25) is 0 Å². The third-order valence-electron chi connectivity index (χ3n) is 5.53. The highest BCUT2D eigenvalue weighted by Gasteiger charge is 2.13. The van der Waals surface area contributed by atoms with E-state index in [1.807, 2.05) is 12.3 Å². The fraction of sp³-hybridized carbons (Fsp3) is 0.250. The van der Waals surface area contributed by atoms with Crippen LogP contribution in [0.25, 0.3) is 22.2 Å². The van der Waals surface area contributed by atoms with Crippen LogP contribution in [-0.2, 0) is 6.54 Å². The molecular weight excluding hydrogens is 344 g/mol. The van der Waals surface area contributed by atoms with Gasteiger partial charge in [0.25, 0.3) is 0 Å². The van der Waals surface area contributed by atoms with Crippen molar-refractivity contribution in [3.05, 3.63) is 78.5 Å². The summed E-state index contributed by atoms with van der Waals surface area (Å²) in [6.07, 6.45) is 5.81. The average Bonchev–Trinajstić information content (AvgIpc) is 3.17. The summed E-state index contributed by atoms with van der Waals surface area (Å²) in [5.41, 5.74) is 4.58. The van der Waals surface area contributed by atoms with E-state index in [4.69, 9.17) is 4.98 Å². The largest absolute Gasteiger partial charge is 0.357 e. The Morgan fingerprint density at radius 1 is 0.821 bits per heavy atom. The van der Waals surface area contributed by atoms with Crippen LogP contribution in [0.4, 0.5) is 5.82 Å². The number of hydrogen-bond acceptors (Lipinski definition) is 3. The van der Waals surface area contributed by atoms with Gasteiger partial charge in [-0.05, 0) is 49.1 Å². The molecule has 140 valence electrons. The topological polar surface area (TPSA) is 34.0 Å². The molecule has 1 fully saturated rings. The van der Waals surface area contributed by atoms with E-state index in [1.54, 1.807) is 0 Å². The van der Waals surface area contributed by atoms with E-state index in [0.29, 0.717) is 0 Å². The van der Waals surface area contributed by atoms with Crippen LogP contribution in [0.15, 0.2) is 72.9 Å². The molecule has 0 radical (unpaired) electrons. The fourth-order valence-electron chi connectivity index (χ4n) is 4.01. The molecule has 4 nitrogen and oxygen atoms in total. The molecule has 0 saturated carbocycles. The molecule has 0 unspecified atom stereocenters. The lowest BCUT2D eigenvalue weighted by molar-refractivity contribution is 0.573. The molecule has 5 rings (SSSR count). The number of aromatic nitrogens is 3. The number of rotatable bonds is 4. The molecule has 0 amide bonds. The van der Waals surface area contributed by atoms with Gasteiger partial charge in [0.15, 0.2) is 0 Å². The van der Waals surface area contributed by atoms with Crippen molar-refractivity contribution in [2.45, 2.75) is 25.8 Å². The highest BCUT2D eigenvalue weighted by Crippen LogP contribution is 2.26. The maximum atomic E-state index is 4.95. The highest BCUT2D eigenvalue weighted by atomic mass is 15.3. The van der Waals surface area contributed by atoms with Gasteiger partial charge >= 0.3 is 0 Å². The molecule has 2 aromatic carbocycles. The van der Waals surface area contributed by atoms with Gasteiger partial charge in [0.05, 0.1) is 24.0 Å². The number of pyridine rings is 1. The zero-order valence-electron chi connectivity index (χ0n) is 16.0. The van der Waals surface area contributed by atoms with E-state index in [0.717, 1.165) is 47.6 Å². The second kappa shape index (κ2) is 7.47. The lowest BCUT2D eigenvalue weighted by atomic mass is 10.1. The van der Waals surface area contributed by atoms with E-state index in [-0.39, 0.29) is 0 Å². The number of nitrogens with zero attached hydrogens (tertiary/aromatic N) is 4. The molecule has 4 heteroatoms. The van der Waals surface area contributed by atoms with Gasteiger partial charge in [0.2, 0.25) is 0 Å². The molecular formula is C24H24N4. The van der Waals surface area contributed by atoms with E-state index < -0.39 is 0 Å². The van der Waals surface area contributed by atoms with Gasteiger partial charge in [-0.1, -0.05) is 42.5 Å². The van der Waals surface area contributed by atoms with Gasteiger partial charge in [-0.3, -0.25) is 4.68 Å². The minimum absolute atomic E-state index is 0.784. The third kappa shape index (κ3) is 3.38. The molecule has 1 saturated heterocycles. The van der Waals surface area contributed by atoms with Gasteiger partial charge in [-0.25, -0.2) is 4.98 Å². The van der Waals surface area contributed by atoms with Crippen LogP contribution < -0.4 is 4.90 Å². The van der Waals surface area contributed by atoms with E-state index in [9.17, 15) is 0 Å². The van der Waals surface area contributed by atoms with Crippen molar-refractivity contribution >= 4 is 16.7 Å². The van der Waals surface area contributed by atoms with Crippen molar-refractivity contribution in [2.75, 3.05) is 18.0 Å². The molecule has 0 N–H and O–H groups in total. The second-order valence-corrected chi connectivity index (χ2v) is 7.49. The van der Waals surface area contributed by atoms with Gasteiger partial charge in [0, 0.05) is 24.0 Å².